The SMILES string of the molecule is CCc1[nH]n(C)c(=O)c1C(=O)CC(C)=O. The maximum Gasteiger partial charge on any atom is 0.277 e. The van der Waals surface area contributed by atoms with Gasteiger partial charge in [-0.3, -0.25) is 24.2 Å². The Balaban J connectivity index is 3.18. The number of ketones is 2. The topological polar surface area (TPSA) is 71.9 Å². The van der Waals surface area contributed by atoms with E-state index in [9.17, 15) is 14.4 Å². The van der Waals surface area contributed by atoms with Gasteiger partial charge in [0.1, 0.15) is 11.3 Å². The standard InChI is InChI=1S/C10H14N2O3/c1-4-7-9(8(14)5-6(2)13)10(15)12(3)11-7/h11H,4-5H2,1-3H3. The Morgan fingerprint density at radius 1 is 1.40 bits per heavy atom. The van der Waals surface area contributed by atoms with Gasteiger partial charge in [0.15, 0.2) is 5.78 Å². The van der Waals surface area contributed by atoms with Gasteiger partial charge in [-0.05, 0) is 13.3 Å². The Kier molecular flexibility index (Phi) is 3.24. The molecule has 0 spiro atoms. The molecule has 15 heavy (non-hydrogen) atoms. The molecule has 0 bridgehead atoms. The minimum atomic E-state index is -0.402. The molecule has 0 saturated carbocycles. The molecular weight excluding hydrogens is 196 g/mol. The van der Waals surface area contributed by atoms with E-state index in [0.717, 1.165) is 0 Å². The summed E-state index contributed by atoms with van der Waals surface area (Å²) in [5.74, 6) is -0.633. The fourth-order valence-electron chi connectivity index (χ4n) is 1.46. The van der Waals surface area contributed by atoms with Gasteiger partial charge in [-0.25, -0.2) is 0 Å². The van der Waals surface area contributed by atoms with Crippen LogP contribution in [0.3, 0.4) is 0 Å². The van der Waals surface area contributed by atoms with E-state index in [1.54, 1.807) is 7.05 Å². The molecule has 0 radical (unpaired) electrons. The lowest BCUT2D eigenvalue weighted by Gasteiger charge is -1.96. The summed E-state index contributed by atoms with van der Waals surface area (Å²) in [5.41, 5.74) is 0.349. The highest BCUT2D eigenvalue weighted by Gasteiger charge is 2.19. The van der Waals surface area contributed by atoms with Gasteiger partial charge in [-0.2, -0.15) is 0 Å². The number of nitrogens with zero attached hydrogens (tertiary/aromatic N) is 1. The monoisotopic (exact) mass is 210 g/mol. The largest absolute Gasteiger partial charge is 0.300 e. The third kappa shape index (κ3) is 2.23. The maximum atomic E-state index is 11.6. The zero-order valence-electron chi connectivity index (χ0n) is 9.09. The van der Waals surface area contributed by atoms with Crippen molar-refractivity contribution in [2.24, 2.45) is 7.05 Å². The molecule has 0 amide bonds. The quantitative estimate of drug-likeness (QED) is 0.579. The third-order valence-corrected chi connectivity index (χ3v) is 2.16. The van der Waals surface area contributed by atoms with Gasteiger partial charge >= 0.3 is 0 Å². The molecule has 5 heteroatoms. The summed E-state index contributed by atoms with van der Waals surface area (Å²) in [6, 6.07) is 0. The fraction of sp³-hybridized carbons (Fsp3) is 0.500. The van der Waals surface area contributed by atoms with Crippen molar-refractivity contribution in [3.05, 3.63) is 21.6 Å². The minimum Gasteiger partial charge on any atom is -0.300 e. The van der Waals surface area contributed by atoms with Crippen LogP contribution in [0.15, 0.2) is 4.79 Å². The summed E-state index contributed by atoms with van der Waals surface area (Å²) in [6.07, 6.45) is 0.356. The minimum absolute atomic E-state index is 0.121. The van der Waals surface area contributed by atoms with E-state index in [1.165, 1.54) is 11.6 Å². The normalized spacial score (nSPS) is 10.3. The Morgan fingerprint density at radius 2 is 2.00 bits per heavy atom. The lowest BCUT2D eigenvalue weighted by Crippen LogP contribution is -2.20. The molecule has 1 rings (SSSR count). The molecule has 1 N–H and O–H groups in total. The first-order chi connectivity index (χ1) is 6.97. The summed E-state index contributed by atoms with van der Waals surface area (Å²) in [5, 5.41) is 2.79. The molecule has 1 heterocycles. The van der Waals surface area contributed by atoms with E-state index < -0.39 is 5.78 Å². The second kappa shape index (κ2) is 4.25. The molecule has 5 nitrogen and oxygen atoms in total. The van der Waals surface area contributed by atoms with Crippen LogP contribution in [0, 0.1) is 0 Å². The van der Waals surface area contributed by atoms with E-state index in [1.807, 2.05) is 6.92 Å². The summed E-state index contributed by atoms with van der Waals surface area (Å²) >= 11 is 0. The molecule has 0 fully saturated rings. The van der Waals surface area contributed by atoms with Crippen molar-refractivity contribution >= 4 is 11.6 Å². The second-order valence-electron chi connectivity index (χ2n) is 3.49. The number of Topliss-reactive ketones (excluding diaryl/α,β-unsaturated/α-hetero) is 2. The zero-order chi connectivity index (χ0) is 11.6. The number of carbonyl (C=O) groups is 2. The molecule has 0 unspecified atom stereocenters. The van der Waals surface area contributed by atoms with Crippen molar-refractivity contribution < 1.29 is 9.59 Å². The van der Waals surface area contributed by atoms with Crippen molar-refractivity contribution in [1.29, 1.82) is 0 Å². The summed E-state index contributed by atoms with van der Waals surface area (Å²) in [6.45, 7) is 3.18. The highest BCUT2D eigenvalue weighted by atomic mass is 16.2. The lowest BCUT2D eigenvalue weighted by atomic mass is 10.1. The van der Waals surface area contributed by atoms with Crippen LogP contribution < -0.4 is 5.56 Å². The van der Waals surface area contributed by atoms with Gasteiger partial charge in [0.05, 0.1) is 6.42 Å². The first-order valence-electron chi connectivity index (χ1n) is 4.77. The fourth-order valence-corrected chi connectivity index (χ4v) is 1.46. The zero-order valence-corrected chi connectivity index (χ0v) is 9.09. The number of hydrogen-bond acceptors (Lipinski definition) is 3. The Morgan fingerprint density at radius 3 is 2.47 bits per heavy atom. The molecule has 0 aliphatic carbocycles. The number of aromatic amines is 1. The van der Waals surface area contributed by atoms with Crippen LogP contribution in [0.1, 0.15) is 36.3 Å². The smallest absolute Gasteiger partial charge is 0.277 e. The van der Waals surface area contributed by atoms with Crippen LogP contribution in [0.5, 0.6) is 0 Å². The van der Waals surface area contributed by atoms with Gasteiger partial charge in [-0.1, -0.05) is 6.92 Å². The number of hydrogen-bond donors (Lipinski definition) is 1. The molecule has 0 saturated heterocycles. The summed E-state index contributed by atoms with van der Waals surface area (Å²) in [7, 11) is 1.55. The Labute approximate surface area is 87.1 Å². The highest BCUT2D eigenvalue weighted by Crippen LogP contribution is 2.05. The van der Waals surface area contributed by atoms with Crippen LogP contribution in [0.25, 0.3) is 0 Å². The Hall–Kier alpha value is -1.65. The van der Waals surface area contributed by atoms with Crippen molar-refractivity contribution in [1.82, 2.24) is 9.78 Å². The van der Waals surface area contributed by atoms with E-state index in [2.05, 4.69) is 5.10 Å². The number of rotatable bonds is 4. The number of H-pyrrole nitrogens is 1. The van der Waals surface area contributed by atoms with Crippen molar-refractivity contribution in [2.45, 2.75) is 26.7 Å². The molecular formula is C10H14N2O3. The second-order valence-corrected chi connectivity index (χ2v) is 3.49. The van der Waals surface area contributed by atoms with Crippen molar-refractivity contribution in [3.63, 3.8) is 0 Å². The molecule has 0 aromatic carbocycles. The number of aryl methyl sites for hydroxylation is 2. The van der Waals surface area contributed by atoms with E-state index in [0.29, 0.717) is 12.1 Å². The van der Waals surface area contributed by atoms with Crippen molar-refractivity contribution in [2.75, 3.05) is 0 Å². The predicted octanol–water partition coefficient (Wildman–Crippen LogP) is 0.438. The van der Waals surface area contributed by atoms with Gasteiger partial charge in [0.25, 0.3) is 5.56 Å². The summed E-state index contributed by atoms with van der Waals surface area (Å²) < 4.78 is 1.26. The number of carbonyl (C=O) groups excluding carboxylic acids is 2. The van der Waals surface area contributed by atoms with Crippen LogP contribution in [0.4, 0.5) is 0 Å². The van der Waals surface area contributed by atoms with E-state index in [-0.39, 0.29) is 23.3 Å². The van der Waals surface area contributed by atoms with Gasteiger partial charge in [0, 0.05) is 12.7 Å². The predicted molar refractivity (Wildman–Crippen MR) is 55.0 cm³/mol. The maximum absolute atomic E-state index is 11.6. The summed E-state index contributed by atoms with van der Waals surface area (Å²) in [4.78, 5) is 34.0. The van der Waals surface area contributed by atoms with Crippen LogP contribution in [-0.4, -0.2) is 21.3 Å². The van der Waals surface area contributed by atoms with Gasteiger partial charge in [0.2, 0.25) is 0 Å². The lowest BCUT2D eigenvalue weighted by molar-refractivity contribution is -0.116. The van der Waals surface area contributed by atoms with E-state index in [4.69, 9.17) is 0 Å². The first kappa shape index (κ1) is 11.4. The van der Waals surface area contributed by atoms with E-state index >= 15 is 0 Å². The van der Waals surface area contributed by atoms with Gasteiger partial charge in [-0.15, -0.1) is 0 Å². The van der Waals surface area contributed by atoms with Crippen LogP contribution >= 0.6 is 0 Å². The third-order valence-electron chi connectivity index (χ3n) is 2.16. The van der Waals surface area contributed by atoms with Gasteiger partial charge < -0.3 is 0 Å². The molecule has 0 aliphatic heterocycles. The van der Waals surface area contributed by atoms with Crippen LogP contribution in [0.2, 0.25) is 0 Å². The molecule has 1 aromatic heterocycles. The Bertz CT molecular complexity index is 454. The average Bonchev–Trinajstić information content (AvgIpc) is 2.41. The highest BCUT2D eigenvalue weighted by molar-refractivity contribution is 6.07. The first-order valence-corrected chi connectivity index (χ1v) is 4.77. The average molecular weight is 210 g/mol. The molecule has 0 atom stereocenters. The number of aromatic nitrogens is 2. The van der Waals surface area contributed by atoms with Crippen LogP contribution in [-0.2, 0) is 18.3 Å². The number of nitrogens with one attached hydrogen (secondary N) is 1. The van der Waals surface area contributed by atoms with Crippen molar-refractivity contribution in [3.8, 4) is 0 Å². The molecule has 0 aliphatic rings. The molecule has 1 aromatic rings. The molecule has 82 valence electrons.